The van der Waals surface area contributed by atoms with E-state index in [0.717, 1.165) is 11.1 Å². The van der Waals surface area contributed by atoms with Crippen molar-refractivity contribution in [3.05, 3.63) is 65.4 Å². The van der Waals surface area contributed by atoms with Gasteiger partial charge in [-0.05, 0) is 44.2 Å². The van der Waals surface area contributed by atoms with Crippen LogP contribution in [0.15, 0.2) is 53.1 Å². The predicted octanol–water partition coefficient (Wildman–Crippen LogP) is 4.33. The summed E-state index contributed by atoms with van der Waals surface area (Å²) in [4.78, 5) is 14.5. The van der Waals surface area contributed by atoms with Crippen molar-refractivity contribution >= 4 is 5.91 Å². The smallest absolute Gasteiger partial charge is 0.254 e. The SMILES string of the molecule is CCN(Cc1cc(-c2ccc(OC)c(OC)c2)on1)C(=O)c1ccc(C)cc1. The third-order valence-electron chi connectivity index (χ3n) is 4.55. The first-order valence-corrected chi connectivity index (χ1v) is 9.09. The summed E-state index contributed by atoms with van der Waals surface area (Å²) in [6.45, 7) is 4.89. The molecule has 6 heteroatoms. The first-order chi connectivity index (χ1) is 13.5. The Morgan fingerprint density at radius 2 is 1.75 bits per heavy atom. The van der Waals surface area contributed by atoms with Crippen LogP contribution < -0.4 is 9.47 Å². The molecule has 0 aliphatic carbocycles. The topological polar surface area (TPSA) is 64.8 Å². The largest absolute Gasteiger partial charge is 0.493 e. The van der Waals surface area contributed by atoms with Gasteiger partial charge in [-0.2, -0.15) is 0 Å². The lowest BCUT2D eigenvalue weighted by Gasteiger charge is -2.19. The van der Waals surface area contributed by atoms with Crippen LogP contribution in [0.5, 0.6) is 11.5 Å². The van der Waals surface area contributed by atoms with Gasteiger partial charge in [-0.3, -0.25) is 4.79 Å². The van der Waals surface area contributed by atoms with Crippen LogP contribution in [0.25, 0.3) is 11.3 Å². The normalized spacial score (nSPS) is 10.6. The van der Waals surface area contributed by atoms with Crippen LogP contribution in [0.1, 0.15) is 28.5 Å². The molecule has 3 rings (SSSR count). The second-order valence-electron chi connectivity index (χ2n) is 6.44. The van der Waals surface area contributed by atoms with Gasteiger partial charge in [-0.1, -0.05) is 22.9 Å². The molecule has 0 bridgehead atoms. The minimum absolute atomic E-state index is 0.0295. The molecule has 0 aliphatic rings. The predicted molar refractivity (Wildman–Crippen MR) is 107 cm³/mol. The number of carbonyl (C=O) groups is 1. The fraction of sp³-hybridized carbons (Fsp3) is 0.273. The van der Waals surface area contributed by atoms with Crippen LogP contribution >= 0.6 is 0 Å². The molecule has 0 saturated heterocycles. The van der Waals surface area contributed by atoms with Gasteiger partial charge in [0.25, 0.3) is 5.91 Å². The monoisotopic (exact) mass is 380 g/mol. The maximum atomic E-state index is 12.8. The molecule has 0 atom stereocenters. The number of ether oxygens (including phenoxy) is 2. The zero-order valence-electron chi connectivity index (χ0n) is 16.6. The Bertz CT molecular complexity index is 947. The van der Waals surface area contributed by atoms with Gasteiger partial charge in [-0.15, -0.1) is 0 Å². The van der Waals surface area contributed by atoms with E-state index in [1.165, 1.54) is 0 Å². The molecule has 0 spiro atoms. The summed E-state index contributed by atoms with van der Waals surface area (Å²) in [5.41, 5.74) is 3.29. The summed E-state index contributed by atoms with van der Waals surface area (Å²) in [7, 11) is 3.18. The van der Waals surface area contributed by atoms with Gasteiger partial charge in [0.2, 0.25) is 0 Å². The number of aryl methyl sites for hydroxylation is 1. The highest BCUT2D eigenvalue weighted by Crippen LogP contribution is 2.32. The molecular weight excluding hydrogens is 356 g/mol. The summed E-state index contributed by atoms with van der Waals surface area (Å²) in [5.74, 6) is 1.84. The minimum atomic E-state index is -0.0295. The van der Waals surface area contributed by atoms with Gasteiger partial charge in [0.15, 0.2) is 17.3 Å². The highest BCUT2D eigenvalue weighted by atomic mass is 16.5. The van der Waals surface area contributed by atoms with Crippen molar-refractivity contribution in [2.75, 3.05) is 20.8 Å². The second-order valence-corrected chi connectivity index (χ2v) is 6.44. The molecule has 28 heavy (non-hydrogen) atoms. The van der Waals surface area contributed by atoms with Crippen LogP contribution in [0.2, 0.25) is 0 Å². The van der Waals surface area contributed by atoms with Gasteiger partial charge >= 0.3 is 0 Å². The second kappa shape index (κ2) is 8.61. The lowest BCUT2D eigenvalue weighted by molar-refractivity contribution is 0.0749. The van der Waals surface area contributed by atoms with Gasteiger partial charge in [-0.25, -0.2) is 0 Å². The van der Waals surface area contributed by atoms with Gasteiger partial charge in [0.1, 0.15) is 5.69 Å². The molecule has 0 fully saturated rings. The Morgan fingerprint density at radius 3 is 2.39 bits per heavy atom. The van der Waals surface area contributed by atoms with Crippen molar-refractivity contribution in [1.82, 2.24) is 10.1 Å². The van der Waals surface area contributed by atoms with E-state index in [4.69, 9.17) is 14.0 Å². The fourth-order valence-electron chi connectivity index (χ4n) is 2.91. The molecule has 146 valence electrons. The van der Waals surface area contributed by atoms with E-state index >= 15 is 0 Å². The van der Waals surface area contributed by atoms with Crippen molar-refractivity contribution in [2.24, 2.45) is 0 Å². The number of hydrogen-bond acceptors (Lipinski definition) is 5. The number of carbonyl (C=O) groups excluding carboxylic acids is 1. The average Bonchev–Trinajstić information content (AvgIpc) is 3.20. The van der Waals surface area contributed by atoms with Crippen molar-refractivity contribution < 1.29 is 18.8 Å². The summed E-state index contributed by atoms with van der Waals surface area (Å²) in [6, 6.07) is 14.9. The van der Waals surface area contributed by atoms with Crippen molar-refractivity contribution in [3.8, 4) is 22.8 Å². The Morgan fingerprint density at radius 1 is 1.04 bits per heavy atom. The molecule has 1 aromatic heterocycles. The van der Waals surface area contributed by atoms with E-state index in [0.29, 0.717) is 41.6 Å². The van der Waals surface area contributed by atoms with Crippen LogP contribution in [0.4, 0.5) is 0 Å². The molecule has 0 N–H and O–H groups in total. The Kier molecular flexibility index (Phi) is 5.99. The van der Waals surface area contributed by atoms with Crippen molar-refractivity contribution in [2.45, 2.75) is 20.4 Å². The minimum Gasteiger partial charge on any atom is -0.493 e. The molecule has 1 heterocycles. The Hall–Kier alpha value is -3.28. The standard InChI is InChI=1S/C22H24N2O4/c1-5-24(22(25)16-8-6-15(2)7-9-16)14-18-13-20(28-23-18)17-10-11-19(26-3)21(12-17)27-4/h6-13H,5,14H2,1-4H3. The number of methoxy groups -OCH3 is 2. The summed E-state index contributed by atoms with van der Waals surface area (Å²) in [6.07, 6.45) is 0. The molecule has 1 amide bonds. The lowest BCUT2D eigenvalue weighted by Crippen LogP contribution is -2.30. The zero-order chi connectivity index (χ0) is 20.1. The van der Waals surface area contributed by atoms with E-state index in [-0.39, 0.29) is 5.91 Å². The maximum absolute atomic E-state index is 12.8. The zero-order valence-corrected chi connectivity index (χ0v) is 16.6. The van der Waals surface area contributed by atoms with Crippen molar-refractivity contribution in [3.63, 3.8) is 0 Å². The molecule has 2 aromatic carbocycles. The van der Waals surface area contributed by atoms with Crippen LogP contribution in [0.3, 0.4) is 0 Å². The molecule has 0 saturated carbocycles. The fourth-order valence-corrected chi connectivity index (χ4v) is 2.91. The summed E-state index contributed by atoms with van der Waals surface area (Å²) < 4.78 is 16.1. The number of hydrogen-bond donors (Lipinski definition) is 0. The molecule has 3 aromatic rings. The van der Waals surface area contributed by atoms with E-state index < -0.39 is 0 Å². The molecule has 6 nitrogen and oxygen atoms in total. The number of amides is 1. The summed E-state index contributed by atoms with van der Waals surface area (Å²) >= 11 is 0. The molecular formula is C22H24N2O4. The van der Waals surface area contributed by atoms with E-state index in [2.05, 4.69) is 5.16 Å². The summed E-state index contributed by atoms with van der Waals surface area (Å²) in [5, 5.41) is 4.13. The highest BCUT2D eigenvalue weighted by Gasteiger charge is 2.17. The third kappa shape index (κ3) is 4.17. The first kappa shape index (κ1) is 19.5. The lowest BCUT2D eigenvalue weighted by atomic mass is 10.1. The number of rotatable bonds is 7. The highest BCUT2D eigenvalue weighted by molar-refractivity contribution is 5.94. The van der Waals surface area contributed by atoms with Gasteiger partial charge in [0, 0.05) is 23.7 Å². The quantitative estimate of drug-likeness (QED) is 0.610. The van der Waals surface area contributed by atoms with Crippen molar-refractivity contribution in [1.29, 1.82) is 0 Å². The van der Waals surface area contributed by atoms with E-state index in [1.807, 2.05) is 62.4 Å². The third-order valence-corrected chi connectivity index (χ3v) is 4.55. The number of benzene rings is 2. The Balaban J connectivity index is 1.77. The van der Waals surface area contributed by atoms with Gasteiger partial charge < -0.3 is 18.9 Å². The number of nitrogens with zero attached hydrogens (tertiary/aromatic N) is 2. The van der Waals surface area contributed by atoms with Gasteiger partial charge in [0.05, 0.1) is 20.8 Å². The van der Waals surface area contributed by atoms with Crippen LogP contribution in [-0.2, 0) is 6.54 Å². The maximum Gasteiger partial charge on any atom is 0.254 e. The van der Waals surface area contributed by atoms with E-state index in [1.54, 1.807) is 19.1 Å². The van der Waals surface area contributed by atoms with Crippen LogP contribution in [-0.4, -0.2) is 36.7 Å². The average molecular weight is 380 g/mol. The number of aromatic nitrogens is 1. The molecule has 0 radical (unpaired) electrons. The van der Waals surface area contributed by atoms with E-state index in [9.17, 15) is 4.79 Å². The first-order valence-electron chi connectivity index (χ1n) is 9.09. The Labute approximate surface area is 164 Å². The molecule has 0 aliphatic heterocycles. The van der Waals surface area contributed by atoms with Crippen LogP contribution in [0, 0.1) is 6.92 Å². The molecule has 0 unspecified atom stereocenters.